The van der Waals surface area contributed by atoms with Crippen LogP contribution in [-0.2, 0) is 14.3 Å². The summed E-state index contributed by atoms with van der Waals surface area (Å²) in [6, 6.07) is 11.3. The first-order valence-corrected chi connectivity index (χ1v) is 8.69. The topological polar surface area (TPSA) is 66.8 Å². The van der Waals surface area contributed by atoms with Crippen molar-refractivity contribution in [1.82, 2.24) is 0 Å². The molecule has 0 unspecified atom stereocenters. The van der Waals surface area contributed by atoms with Gasteiger partial charge in [0, 0.05) is 11.4 Å². The number of aromatic hydroxyl groups is 1. The Kier molecular flexibility index (Phi) is 5.26. The number of halogens is 2. The third-order valence-corrected chi connectivity index (χ3v) is 4.88. The summed E-state index contributed by atoms with van der Waals surface area (Å²) in [5.74, 6) is -1.06. The number of carbonyl (C=O) groups is 2. The van der Waals surface area contributed by atoms with Crippen LogP contribution in [0.15, 0.2) is 59.4 Å². The summed E-state index contributed by atoms with van der Waals surface area (Å²) in [6.45, 7) is 1.66. The molecule has 0 amide bonds. The number of phenolic OH excluding ortho intramolecular Hbond substituents is 1. The second-order valence-corrected chi connectivity index (χ2v) is 6.65. The molecule has 7 heteroatoms. The number of allylic oxidation sites excluding steroid dienone is 2. The number of benzene rings is 2. The predicted octanol–water partition coefficient (Wildman–Crippen LogP) is 4.58. The van der Waals surface area contributed by atoms with E-state index in [-0.39, 0.29) is 17.0 Å². The lowest BCUT2D eigenvalue weighted by atomic mass is 10.1. The number of ether oxygens (including phenoxy) is 1. The van der Waals surface area contributed by atoms with Crippen LogP contribution in [0.4, 0.5) is 5.69 Å². The number of methoxy groups -OCH3 is 1. The van der Waals surface area contributed by atoms with E-state index >= 15 is 0 Å². The van der Waals surface area contributed by atoms with Crippen molar-refractivity contribution in [3.8, 4) is 5.75 Å². The molecule has 27 heavy (non-hydrogen) atoms. The Morgan fingerprint density at radius 2 is 1.78 bits per heavy atom. The number of hydrogen-bond acceptors (Lipinski definition) is 5. The van der Waals surface area contributed by atoms with Gasteiger partial charge in [0.2, 0.25) is 5.78 Å². The first-order valence-electron chi connectivity index (χ1n) is 7.93. The van der Waals surface area contributed by atoms with E-state index in [1.54, 1.807) is 48.2 Å². The van der Waals surface area contributed by atoms with E-state index in [2.05, 4.69) is 0 Å². The highest BCUT2D eigenvalue weighted by Crippen LogP contribution is 2.38. The van der Waals surface area contributed by atoms with Gasteiger partial charge >= 0.3 is 5.97 Å². The molecular weight excluding hydrogens is 389 g/mol. The van der Waals surface area contributed by atoms with Gasteiger partial charge in [-0.1, -0.05) is 35.3 Å². The van der Waals surface area contributed by atoms with Crippen molar-refractivity contribution in [3.63, 3.8) is 0 Å². The fourth-order valence-electron chi connectivity index (χ4n) is 2.84. The normalized spacial score (nSPS) is 15.6. The van der Waals surface area contributed by atoms with Gasteiger partial charge in [-0.15, -0.1) is 0 Å². The quantitative estimate of drug-likeness (QED) is 0.461. The largest absolute Gasteiger partial charge is 0.508 e. The molecule has 5 nitrogen and oxygen atoms in total. The second kappa shape index (κ2) is 7.47. The van der Waals surface area contributed by atoms with Crippen LogP contribution >= 0.6 is 23.2 Å². The number of carbonyl (C=O) groups excluding carboxylic acids is 2. The molecule has 1 aliphatic heterocycles. The van der Waals surface area contributed by atoms with E-state index < -0.39 is 11.8 Å². The van der Waals surface area contributed by atoms with Crippen molar-refractivity contribution in [2.24, 2.45) is 0 Å². The van der Waals surface area contributed by atoms with Crippen molar-refractivity contribution in [2.75, 3.05) is 12.0 Å². The minimum absolute atomic E-state index is 0.0476. The molecule has 2 aromatic rings. The van der Waals surface area contributed by atoms with E-state index in [4.69, 9.17) is 27.9 Å². The number of esters is 1. The Labute approximate surface area is 166 Å². The van der Waals surface area contributed by atoms with Gasteiger partial charge in [0.25, 0.3) is 0 Å². The van der Waals surface area contributed by atoms with Crippen LogP contribution in [0.25, 0.3) is 6.08 Å². The van der Waals surface area contributed by atoms with Gasteiger partial charge in [-0.3, -0.25) is 4.79 Å². The summed E-state index contributed by atoms with van der Waals surface area (Å²) in [6.07, 6.45) is 1.63. The van der Waals surface area contributed by atoms with Gasteiger partial charge in [0.15, 0.2) is 0 Å². The fourth-order valence-corrected chi connectivity index (χ4v) is 3.14. The Morgan fingerprint density at radius 3 is 2.37 bits per heavy atom. The van der Waals surface area contributed by atoms with Crippen LogP contribution in [0.1, 0.15) is 12.5 Å². The number of anilines is 1. The van der Waals surface area contributed by atoms with Crippen molar-refractivity contribution >= 4 is 46.7 Å². The van der Waals surface area contributed by atoms with Crippen LogP contribution in [0.2, 0.25) is 10.0 Å². The molecular formula is C20H15Cl2NO4. The van der Waals surface area contributed by atoms with E-state index in [1.807, 2.05) is 0 Å². The van der Waals surface area contributed by atoms with Crippen LogP contribution in [0, 0.1) is 0 Å². The molecule has 1 heterocycles. The first kappa shape index (κ1) is 19.0. The maximum Gasteiger partial charge on any atom is 0.343 e. The lowest BCUT2D eigenvalue weighted by Crippen LogP contribution is -2.18. The Balaban J connectivity index is 2.17. The van der Waals surface area contributed by atoms with Gasteiger partial charge < -0.3 is 14.7 Å². The Morgan fingerprint density at radius 1 is 1.11 bits per heavy atom. The van der Waals surface area contributed by atoms with Crippen LogP contribution in [0.3, 0.4) is 0 Å². The summed E-state index contributed by atoms with van der Waals surface area (Å²) < 4.78 is 4.76. The molecule has 0 radical (unpaired) electrons. The molecule has 0 aliphatic carbocycles. The molecule has 1 N–H and O–H groups in total. The maximum atomic E-state index is 12.9. The molecule has 138 valence electrons. The Bertz CT molecular complexity index is 994. The van der Waals surface area contributed by atoms with Gasteiger partial charge in [-0.2, -0.15) is 0 Å². The molecule has 0 saturated carbocycles. The third kappa shape index (κ3) is 3.56. The number of phenols is 1. The van der Waals surface area contributed by atoms with Crippen molar-refractivity contribution < 1.29 is 19.4 Å². The molecule has 0 atom stereocenters. The summed E-state index contributed by atoms with van der Waals surface area (Å²) in [5, 5.41) is 10.2. The zero-order valence-corrected chi connectivity index (χ0v) is 16.0. The van der Waals surface area contributed by atoms with E-state index in [1.165, 1.54) is 19.2 Å². The van der Waals surface area contributed by atoms with Gasteiger partial charge in [0.05, 0.1) is 22.9 Å². The van der Waals surface area contributed by atoms with Crippen molar-refractivity contribution in [3.05, 3.63) is 75.0 Å². The second-order valence-electron chi connectivity index (χ2n) is 5.84. The molecule has 0 spiro atoms. The molecule has 1 aliphatic rings. The molecule has 0 fully saturated rings. The summed E-state index contributed by atoms with van der Waals surface area (Å²) in [7, 11) is 1.22. The van der Waals surface area contributed by atoms with Crippen molar-refractivity contribution in [1.29, 1.82) is 0 Å². The standard InChI is InChI=1S/C20H15Cl2NO4/c1-11-18(20(26)27-2)19(25)17(9-12-3-6-14(24)7-4-12)23(11)13-5-8-15(21)16(22)10-13/h3-10,24H,1-2H3. The number of hydrogen-bond donors (Lipinski definition) is 1. The lowest BCUT2D eigenvalue weighted by Gasteiger charge is -2.22. The minimum atomic E-state index is -0.711. The highest BCUT2D eigenvalue weighted by atomic mass is 35.5. The molecule has 0 bridgehead atoms. The van der Waals surface area contributed by atoms with E-state index in [0.29, 0.717) is 27.0 Å². The van der Waals surface area contributed by atoms with Gasteiger partial charge in [-0.25, -0.2) is 4.79 Å². The first-order chi connectivity index (χ1) is 12.8. The van der Waals surface area contributed by atoms with Gasteiger partial charge in [0.1, 0.15) is 11.3 Å². The monoisotopic (exact) mass is 403 g/mol. The third-order valence-electron chi connectivity index (χ3n) is 4.15. The predicted molar refractivity (Wildman–Crippen MR) is 105 cm³/mol. The van der Waals surface area contributed by atoms with E-state index in [9.17, 15) is 14.7 Å². The summed E-state index contributed by atoms with van der Waals surface area (Å²) in [4.78, 5) is 26.7. The fraction of sp³-hybridized carbons (Fsp3) is 0.100. The van der Waals surface area contributed by atoms with Crippen LogP contribution < -0.4 is 4.90 Å². The lowest BCUT2D eigenvalue weighted by molar-refractivity contribution is -0.137. The average molecular weight is 404 g/mol. The number of nitrogens with zero attached hydrogens (tertiary/aromatic N) is 1. The Hall–Kier alpha value is -2.76. The van der Waals surface area contributed by atoms with E-state index in [0.717, 1.165) is 0 Å². The maximum absolute atomic E-state index is 12.9. The SMILES string of the molecule is COC(=O)C1=C(C)N(c2ccc(Cl)c(Cl)c2)C(=Cc2ccc(O)cc2)C1=O. The zero-order chi connectivity index (χ0) is 19.7. The highest BCUT2D eigenvalue weighted by molar-refractivity contribution is 6.42. The zero-order valence-electron chi connectivity index (χ0n) is 14.5. The molecule has 2 aromatic carbocycles. The van der Waals surface area contributed by atoms with Crippen LogP contribution in [-0.4, -0.2) is 24.0 Å². The number of rotatable bonds is 3. The number of ketones is 1. The molecule has 3 rings (SSSR count). The van der Waals surface area contributed by atoms with Crippen LogP contribution in [0.5, 0.6) is 5.75 Å². The summed E-state index contributed by atoms with van der Waals surface area (Å²) in [5.41, 5.74) is 1.90. The smallest absolute Gasteiger partial charge is 0.343 e. The minimum Gasteiger partial charge on any atom is -0.508 e. The average Bonchev–Trinajstić information content (AvgIpc) is 2.89. The molecule has 0 saturated heterocycles. The van der Waals surface area contributed by atoms with Gasteiger partial charge in [-0.05, 0) is 48.9 Å². The molecule has 0 aromatic heterocycles. The summed E-state index contributed by atoms with van der Waals surface area (Å²) >= 11 is 12.1. The number of Topliss-reactive ketones (excluding diaryl/α,β-unsaturated/α-hetero) is 1. The van der Waals surface area contributed by atoms with Crippen molar-refractivity contribution in [2.45, 2.75) is 6.92 Å². The highest BCUT2D eigenvalue weighted by Gasteiger charge is 2.38.